The topological polar surface area (TPSA) is 30.0 Å². The van der Waals surface area contributed by atoms with E-state index < -0.39 is 11.7 Å². The van der Waals surface area contributed by atoms with Crippen molar-refractivity contribution in [3.8, 4) is 0 Å². The summed E-state index contributed by atoms with van der Waals surface area (Å²) in [5.41, 5.74) is -0.252. The maximum absolute atomic E-state index is 12.4. The van der Waals surface area contributed by atoms with E-state index in [9.17, 15) is 13.6 Å². The Balaban J connectivity index is 3.34. The maximum Gasteiger partial charge on any atom is 0.266 e. The summed E-state index contributed by atoms with van der Waals surface area (Å²) in [5, 5.41) is -0.778. The van der Waals surface area contributed by atoms with Crippen molar-refractivity contribution in [1.82, 2.24) is 4.98 Å². The molecular formula is C7H2ClF2I2NO. The van der Waals surface area contributed by atoms with Gasteiger partial charge in [-0.25, -0.2) is 13.8 Å². The molecule has 0 spiro atoms. The Morgan fingerprint density at radius 3 is 2.43 bits per heavy atom. The molecule has 0 aromatic carbocycles. The molecule has 0 unspecified atom stereocenters. The molecule has 1 aromatic heterocycles. The molecule has 1 heterocycles. The highest BCUT2D eigenvalue weighted by Crippen LogP contribution is 2.26. The highest BCUT2D eigenvalue weighted by atomic mass is 127. The number of hydrogen-bond acceptors (Lipinski definition) is 2. The summed E-state index contributed by atoms with van der Waals surface area (Å²) in [6.07, 6.45) is -2.65. The van der Waals surface area contributed by atoms with Gasteiger partial charge in [0, 0.05) is 0 Å². The lowest BCUT2D eigenvalue weighted by atomic mass is 10.2. The molecule has 0 bridgehead atoms. The Kier molecular flexibility index (Phi) is 4.44. The summed E-state index contributed by atoms with van der Waals surface area (Å²) in [6, 6.07) is 1.08. The van der Waals surface area contributed by atoms with Gasteiger partial charge in [-0.3, -0.25) is 4.79 Å². The smallest absolute Gasteiger partial charge is 0.266 e. The summed E-state index contributed by atoms with van der Waals surface area (Å²) in [6.45, 7) is 0. The van der Waals surface area contributed by atoms with Crippen LogP contribution in [0.25, 0.3) is 0 Å². The van der Waals surface area contributed by atoms with Crippen molar-refractivity contribution in [1.29, 1.82) is 0 Å². The third kappa shape index (κ3) is 2.72. The Labute approximate surface area is 111 Å². The average Bonchev–Trinajstić information content (AvgIpc) is 2.02. The lowest BCUT2D eigenvalue weighted by Gasteiger charge is -2.05. The van der Waals surface area contributed by atoms with Gasteiger partial charge in [0.05, 0.1) is 11.1 Å². The minimum Gasteiger partial charge on any atom is -0.276 e. The Morgan fingerprint density at radius 1 is 1.43 bits per heavy atom. The summed E-state index contributed by atoms with van der Waals surface area (Å²) >= 11 is 8.67. The molecule has 1 rings (SSSR count). The Bertz CT molecular complexity index is 386. The van der Waals surface area contributed by atoms with Crippen molar-refractivity contribution >= 4 is 62.0 Å². The normalized spacial score (nSPS) is 10.7. The number of halogens is 5. The molecule has 1 aromatic rings. The van der Waals surface area contributed by atoms with E-state index in [1.54, 1.807) is 45.2 Å². The van der Waals surface area contributed by atoms with Crippen LogP contribution in [-0.2, 0) is 0 Å². The number of nitrogens with zero attached hydrogens (tertiary/aromatic N) is 1. The standard InChI is InChI=1S/C7H2ClF2I2NO/c8-4(14)2-1-3(5(9)10)7(12)13-6(2)11/h1,5H. The molecule has 0 saturated carbocycles. The van der Waals surface area contributed by atoms with Crippen LogP contribution in [0.5, 0.6) is 0 Å². The van der Waals surface area contributed by atoms with Crippen molar-refractivity contribution in [3.05, 3.63) is 24.6 Å². The third-order valence-electron chi connectivity index (χ3n) is 1.40. The van der Waals surface area contributed by atoms with Gasteiger partial charge in [-0.05, 0) is 62.8 Å². The van der Waals surface area contributed by atoms with Crippen molar-refractivity contribution in [3.63, 3.8) is 0 Å². The van der Waals surface area contributed by atoms with Gasteiger partial charge in [0.2, 0.25) is 0 Å². The van der Waals surface area contributed by atoms with E-state index in [1.807, 2.05) is 0 Å². The molecule has 76 valence electrons. The molecule has 0 amide bonds. The lowest BCUT2D eigenvalue weighted by Crippen LogP contribution is -2.03. The van der Waals surface area contributed by atoms with E-state index in [0.29, 0.717) is 3.70 Å². The Morgan fingerprint density at radius 2 is 2.00 bits per heavy atom. The zero-order valence-electron chi connectivity index (χ0n) is 6.40. The second-order valence-electron chi connectivity index (χ2n) is 2.28. The predicted molar refractivity (Wildman–Crippen MR) is 64.8 cm³/mol. The summed E-state index contributed by atoms with van der Waals surface area (Å²) in [5.74, 6) is 0. The van der Waals surface area contributed by atoms with Gasteiger partial charge in [-0.1, -0.05) is 0 Å². The molecule has 0 aliphatic heterocycles. The van der Waals surface area contributed by atoms with Gasteiger partial charge in [-0.15, -0.1) is 0 Å². The highest BCUT2D eigenvalue weighted by Gasteiger charge is 2.18. The molecule has 2 nitrogen and oxygen atoms in total. The van der Waals surface area contributed by atoms with E-state index in [2.05, 4.69) is 4.98 Å². The van der Waals surface area contributed by atoms with Crippen LogP contribution in [-0.4, -0.2) is 10.2 Å². The first-order chi connectivity index (χ1) is 6.43. The molecule has 0 saturated heterocycles. The number of hydrogen-bond donors (Lipinski definition) is 0. The van der Waals surface area contributed by atoms with E-state index in [4.69, 9.17) is 11.6 Å². The molecule has 7 heteroatoms. The van der Waals surface area contributed by atoms with Crippen LogP contribution in [0.3, 0.4) is 0 Å². The lowest BCUT2D eigenvalue weighted by molar-refractivity contribution is 0.107. The second kappa shape index (κ2) is 4.97. The van der Waals surface area contributed by atoms with E-state index in [1.165, 1.54) is 0 Å². The van der Waals surface area contributed by atoms with Crippen LogP contribution in [0.4, 0.5) is 8.78 Å². The molecule has 0 radical (unpaired) electrons. The maximum atomic E-state index is 12.4. The minimum absolute atomic E-state index is 0.0167. The summed E-state index contributed by atoms with van der Waals surface area (Å²) in [7, 11) is 0. The fraction of sp³-hybridized carbons (Fsp3) is 0.143. The van der Waals surface area contributed by atoms with Gasteiger partial charge in [-0.2, -0.15) is 0 Å². The van der Waals surface area contributed by atoms with Crippen molar-refractivity contribution in [2.75, 3.05) is 0 Å². The van der Waals surface area contributed by atoms with E-state index in [0.717, 1.165) is 6.07 Å². The second-order valence-corrected chi connectivity index (χ2v) is 4.67. The number of alkyl halides is 2. The molecular weight excluding hydrogens is 441 g/mol. The van der Waals surface area contributed by atoms with Crippen molar-refractivity contribution in [2.45, 2.75) is 6.43 Å². The summed E-state index contributed by atoms with van der Waals surface area (Å²) < 4.78 is 25.3. The van der Waals surface area contributed by atoms with Crippen LogP contribution in [0.2, 0.25) is 0 Å². The number of carbonyl (C=O) groups excluding carboxylic acids is 1. The molecule has 0 N–H and O–H groups in total. The first-order valence-electron chi connectivity index (χ1n) is 3.27. The Hall–Kier alpha value is 0.430. The number of rotatable bonds is 2. The van der Waals surface area contributed by atoms with E-state index >= 15 is 0 Å². The van der Waals surface area contributed by atoms with Crippen LogP contribution in [0, 0.1) is 7.40 Å². The quantitative estimate of drug-likeness (QED) is 0.397. The summed E-state index contributed by atoms with van der Waals surface area (Å²) in [4.78, 5) is 14.6. The van der Waals surface area contributed by atoms with Crippen molar-refractivity contribution < 1.29 is 13.6 Å². The zero-order valence-corrected chi connectivity index (χ0v) is 11.5. The molecule has 0 atom stereocenters. The minimum atomic E-state index is -2.65. The van der Waals surface area contributed by atoms with Gasteiger partial charge in [0.25, 0.3) is 11.7 Å². The predicted octanol–water partition coefficient (Wildman–Crippen LogP) is 3.61. The number of pyridine rings is 1. The monoisotopic (exact) mass is 443 g/mol. The van der Waals surface area contributed by atoms with Crippen molar-refractivity contribution in [2.24, 2.45) is 0 Å². The van der Waals surface area contributed by atoms with Gasteiger partial charge in [0.15, 0.2) is 0 Å². The first-order valence-corrected chi connectivity index (χ1v) is 5.81. The average molecular weight is 443 g/mol. The fourth-order valence-electron chi connectivity index (χ4n) is 0.776. The number of aromatic nitrogens is 1. The largest absolute Gasteiger partial charge is 0.276 e. The van der Waals surface area contributed by atoms with Crippen LogP contribution in [0.15, 0.2) is 6.07 Å². The first kappa shape index (κ1) is 12.5. The van der Waals surface area contributed by atoms with Gasteiger partial charge < -0.3 is 0 Å². The third-order valence-corrected chi connectivity index (χ3v) is 3.29. The molecule has 0 fully saturated rings. The SMILES string of the molecule is O=C(Cl)c1cc(C(F)F)c(I)nc1I. The van der Waals surface area contributed by atoms with Crippen LogP contribution in [0.1, 0.15) is 22.3 Å². The van der Waals surface area contributed by atoms with E-state index in [-0.39, 0.29) is 14.8 Å². The molecule has 14 heavy (non-hydrogen) atoms. The number of carbonyl (C=O) groups is 1. The fourth-order valence-corrected chi connectivity index (χ4v) is 2.82. The van der Waals surface area contributed by atoms with Gasteiger partial charge in [0.1, 0.15) is 7.40 Å². The zero-order chi connectivity index (χ0) is 10.9. The molecule has 0 aliphatic carbocycles. The highest BCUT2D eigenvalue weighted by molar-refractivity contribution is 14.1. The molecule has 0 aliphatic rings. The van der Waals surface area contributed by atoms with Crippen LogP contribution >= 0.6 is 56.8 Å². The van der Waals surface area contributed by atoms with Gasteiger partial charge >= 0.3 is 0 Å². The van der Waals surface area contributed by atoms with Crippen LogP contribution < -0.4 is 0 Å².